The van der Waals surface area contributed by atoms with E-state index >= 15 is 0 Å². The highest BCUT2D eigenvalue weighted by molar-refractivity contribution is 7.98. The molecule has 4 rings (SSSR count). The van der Waals surface area contributed by atoms with Crippen LogP contribution in [0.2, 0.25) is 0 Å². The largest absolute Gasteiger partial charge is 0.370 e. The van der Waals surface area contributed by atoms with Gasteiger partial charge in [-0.15, -0.1) is 11.8 Å². The van der Waals surface area contributed by atoms with Crippen LogP contribution < -0.4 is 54.4 Å². The third kappa shape index (κ3) is 37.0. The third-order valence-electron chi connectivity index (χ3n) is 9.94. The van der Waals surface area contributed by atoms with E-state index in [1.807, 2.05) is 88.0 Å². The molecule has 2 unspecified atom stereocenters. The van der Waals surface area contributed by atoms with Crippen molar-refractivity contribution < 1.29 is 47.9 Å². The van der Waals surface area contributed by atoms with Gasteiger partial charge in [-0.2, -0.15) is 0 Å². The van der Waals surface area contributed by atoms with Crippen molar-refractivity contribution in [2.75, 3.05) is 51.4 Å². The molecule has 434 valence electrons. The number of aromatic amines is 1. The number of nitrogens with one attached hydrogen (secondary N) is 8. The Morgan fingerprint density at radius 1 is 0.744 bits per heavy atom. The summed E-state index contributed by atoms with van der Waals surface area (Å²) >= 11 is 1.39. The predicted octanol–water partition coefficient (Wildman–Crippen LogP) is 0.666. The highest BCUT2D eigenvalue weighted by atomic mass is 32.2. The number of hydrogen-bond donors (Lipinski definition) is 11. The Bertz CT molecular complexity index is 2380. The third-order valence-corrected chi connectivity index (χ3v) is 10.5. The van der Waals surface area contributed by atoms with Crippen LogP contribution in [-0.2, 0) is 67.8 Å². The van der Waals surface area contributed by atoms with E-state index in [1.165, 1.54) is 22.2 Å². The Morgan fingerprint density at radius 2 is 1.29 bits per heavy atom. The van der Waals surface area contributed by atoms with Crippen LogP contribution in [0.25, 0.3) is 10.9 Å². The molecule has 4 aromatic rings. The Morgan fingerprint density at radius 3 is 1.79 bits per heavy atom. The molecule has 78 heavy (non-hydrogen) atoms. The quantitative estimate of drug-likeness (QED) is 0.0322. The van der Waals surface area contributed by atoms with Crippen molar-refractivity contribution in [1.82, 2.24) is 56.7 Å². The lowest BCUT2D eigenvalue weighted by Gasteiger charge is -2.20. The van der Waals surface area contributed by atoms with Crippen LogP contribution >= 0.6 is 11.8 Å². The summed E-state index contributed by atoms with van der Waals surface area (Å²) in [6.07, 6.45) is 9.29. The van der Waals surface area contributed by atoms with Crippen LogP contribution in [-0.4, -0.2) is 149 Å². The normalized spacial score (nSPS) is 11.1. The van der Waals surface area contributed by atoms with Gasteiger partial charge in [-0.1, -0.05) is 95.6 Å². The number of carbonyl (C=O) groups excluding carboxylic acids is 10. The van der Waals surface area contributed by atoms with Gasteiger partial charge in [-0.05, 0) is 50.5 Å². The summed E-state index contributed by atoms with van der Waals surface area (Å²) in [5, 5.41) is 18.7. The van der Waals surface area contributed by atoms with Gasteiger partial charge in [0.1, 0.15) is 12.6 Å². The first-order valence-corrected chi connectivity index (χ1v) is 26.6. The van der Waals surface area contributed by atoms with Gasteiger partial charge >= 0.3 is 0 Å². The van der Waals surface area contributed by atoms with E-state index < -0.39 is 29.7 Å². The summed E-state index contributed by atoms with van der Waals surface area (Å²) in [5.41, 5.74) is 19.0. The molecule has 0 spiro atoms. The molecular weight excluding hydrogens is 1020 g/mol. The molecule has 0 bridgehead atoms. The maximum atomic E-state index is 12.9. The minimum absolute atomic E-state index is 0.00593. The topological polar surface area (TPSA) is 370 Å². The molecule has 0 saturated carbocycles. The summed E-state index contributed by atoms with van der Waals surface area (Å²) < 4.78 is 1.95. The Balaban J connectivity index is 0. The second-order valence-electron chi connectivity index (χ2n) is 18.3. The molecule has 0 radical (unpaired) electrons. The van der Waals surface area contributed by atoms with E-state index in [9.17, 15) is 47.9 Å². The number of thioether (sulfide) groups is 1. The van der Waals surface area contributed by atoms with Crippen molar-refractivity contribution in [3.63, 3.8) is 0 Å². The van der Waals surface area contributed by atoms with Crippen molar-refractivity contribution in [3.8, 4) is 0 Å². The van der Waals surface area contributed by atoms with E-state index in [0.717, 1.165) is 28.1 Å². The van der Waals surface area contributed by atoms with Crippen LogP contribution in [0.5, 0.6) is 0 Å². The molecule has 25 heteroatoms. The van der Waals surface area contributed by atoms with Gasteiger partial charge < -0.3 is 68.9 Å². The first-order chi connectivity index (χ1) is 36.8. The van der Waals surface area contributed by atoms with E-state index in [-0.39, 0.29) is 87.3 Å². The highest BCUT2D eigenvalue weighted by Gasteiger charge is 2.24. The maximum Gasteiger partial charge on any atom is 0.243 e. The summed E-state index contributed by atoms with van der Waals surface area (Å²) in [7, 11) is 1.90. The lowest BCUT2D eigenvalue weighted by molar-refractivity contribution is -0.133. The number of imidazole rings is 1. The molecule has 2 heterocycles. The van der Waals surface area contributed by atoms with Crippen molar-refractivity contribution in [2.24, 2.45) is 36.1 Å². The van der Waals surface area contributed by atoms with Crippen LogP contribution in [0.3, 0.4) is 0 Å². The second-order valence-corrected chi connectivity index (χ2v) is 19.2. The molecule has 3 atom stereocenters. The van der Waals surface area contributed by atoms with Crippen molar-refractivity contribution in [3.05, 3.63) is 90.1 Å². The molecule has 14 N–H and O–H groups in total. The van der Waals surface area contributed by atoms with E-state index in [2.05, 4.69) is 92.7 Å². The van der Waals surface area contributed by atoms with Crippen molar-refractivity contribution >= 4 is 82.7 Å². The molecule has 0 aliphatic rings. The number of hydrogen-bond acceptors (Lipinski definition) is 13. The zero-order chi connectivity index (χ0) is 59.6. The van der Waals surface area contributed by atoms with Gasteiger partial charge in [-0.25, -0.2) is 4.98 Å². The minimum atomic E-state index is -0.937. The SMILES string of the molecule is CC(C)C.CC(C)C(C)NC(=O)CNC(=O)C(Cc1cn(C)c2ccccc12)NC(=O)CNC(=O)CN.CCC(N)=O.CSCN(CC(N)=O)C(=O)CNC=O.C[C@H](Cc1cnc[nH]1)NC(=O)CNC=O.Cc1ccccc1. The monoisotopic (exact) mass is 1110 g/mol. The van der Waals surface area contributed by atoms with Gasteiger partial charge in [0.25, 0.3) is 0 Å². The lowest BCUT2D eigenvalue weighted by atomic mass is 10.0. The van der Waals surface area contributed by atoms with Crippen LogP contribution in [0, 0.1) is 18.8 Å². The molecule has 0 aliphatic carbocycles. The Hall–Kier alpha value is -7.80. The number of nitrogens with zero attached hydrogens (tertiary/aromatic N) is 3. The van der Waals surface area contributed by atoms with E-state index in [4.69, 9.17) is 11.5 Å². The molecule has 0 fully saturated rings. The molecule has 24 nitrogen and oxygen atoms in total. The van der Waals surface area contributed by atoms with Crippen LogP contribution in [0.4, 0.5) is 0 Å². The summed E-state index contributed by atoms with van der Waals surface area (Å²) in [5.74, 6) is -1.69. The predicted molar refractivity (Wildman–Crippen MR) is 305 cm³/mol. The first-order valence-electron chi connectivity index (χ1n) is 25.2. The fraction of sp³-hybridized carbons (Fsp3) is 0.491. The molecule has 0 saturated heterocycles. The molecular formula is C53H86N14O10S. The number of carbonyl (C=O) groups is 10. The van der Waals surface area contributed by atoms with Crippen molar-refractivity contribution in [2.45, 2.75) is 99.7 Å². The summed E-state index contributed by atoms with van der Waals surface area (Å²) in [4.78, 5) is 119. The smallest absolute Gasteiger partial charge is 0.243 e. The van der Waals surface area contributed by atoms with E-state index in [0.29, 0.717) is 31.5 Å². The number of rotatable bonds is 25. The number of nitrogens with two attached hydrogens (primary N) is 3. The van der Waals surface area contributed by atoms with Gasteiger partial charge in [0.05, 0.1) is 44.9 Å². The fourth-order valence-corrected chi connectivity index (χ4v) is 6.39. The number of para-hydroxylation sites is 1. The molecule has 0 aliphatic heterocycles. The minimum Gasteiger partial charge on any atom is -0.370 e. The zero-order valence-electron chi connectivity index (χ0n) is 47.1. The zero-order valence-corrected chi connectivity index (χ0v) is 47.9. The number of fused-ring (bicyclic) bond motifs is 1. The van der Waals surface area contributed by atoms with Crippen LogP contribution in [0.15, 0.2) is 73.3 Å². The number of H-pyrrole nitrogens is 1. The molecule has 2 aromatic carbocycles. The number of aromatic nitrogens is 3. The number of benzene rings is 2. The molecule has 10 amide bonds. The second kappa shape index (κ2) is 43.3. The number of aryl methyl sites for hydroxylation is 2. The summed E-state index contributed by atoms with van der Waals surface area (Å²) in [6, 6.07) is 17.0. The first kappa shape index (κ1) is 72.3. The van der Waals surface area contributed by atoms with Gasteiger partial charge in [0.2, 0.25) is 60.1 Å². The summed E-state index contributed by atoms with van der Waals surface area (Å²) in [6.45, 7) is 17.1. The standard InChI is InChI=1S/C23H34N6O4.C9H14N4O2.C7H13N3O3S.C7H8.C4H10.C3H7NO/c1-14(2)15(3)27-21(31)12-26-23(33)18(28-22(32)11-25-20(30)10-24)9-16-13-29(4)19-8-6-5-7-17(16)19;1-7(2-8-3-10-5-12-8)13-9(15)4-11-6-14;1-14-5-10(3-6(8)12)7(13)2-9-4-11;1-7-5-3-2-4-6-7;1-4(2)3;1-2-3(4)5/h5-8,13-15,18H,9-12,24H2,1-4H3,(H,25,30)(H,26,33)(H,27,31)(H,28,32);3,5-7H,2,4H2,1H3,(H,10,12)(H,11,14)(H,13,15);4H,2-3,5H2,1H3,(H2,8,12)(H,9,11);2-6H,1H3;4H,1-3H3;2H2,1H3,(H2,4,5)/t;7-;;;;/m.1..../s1. The number of amides is 10. The average molecular weight is 1110 g/mol. The maximum absolute atomic E-state index is 12.9. The fourth-order valence-electron chi connectivity index (χ4n) is 5.84. The van der Waals surface area contributed by atoms with Gasteiger partial charge in [-0.3, -0.25) is 47.9 Å². The Kier molecular flexibility index (Phi) is 40.1. The number of primary amides is 2. The van der Waals surface area contributed by atoms with E-state index in [1.54, 1.807) is 25.7 Å². The molecule has 2 aromatic heterocycles. The lowest BCUT2D eigenvalue weighted by Crippen LogP contribution is -2.52. The Labute approximate surface area is 463 Å². The average Bonchev–Trinajstić information content (AvgIpc) is 4.02. The van der Waals surface area contributed by atoms with Crippen molar-refractivity contribution in [1.29, 1.82) is 0 Å². The van der Waals surface area contributed by atoms with Gasteiger partial charge in [0.15, 0.2) is 0 Å². The van der Waals surface area contributed by atoms with Gasteiger partial charge in [0, 0.05) is 67.4 Å². The van der Waals surface area contributed by atoms with Crippen LogP contribution in [0.1, 0.15) is 78.6 Å². The highest BCUT2D eigenvalue weighted by Crippen LogP contribution is 2.21.